The summed E-state index contributed by atoms with van der Waals surface area (Å²) in [5, 5.41) is 0.582. The Kier molecular flexibility index (Phi) is 4.55. The Balaban J connectivity index is 1.44. The number of benzene rings is 1. The first-order valence-electron chi connectivity index (χ1n) is 8.47. The van der Waals surface area contributed by atoms with Crippen LogP contribution < -0.4 is 14.5 Å². The van der Waals surface area contributed by atoms with Gasteiger partial charge in [0.1, 0.15) is 24.0 Å². The predicted molar refractivity (Wildman–Crippen MR) is 97.7 cm³/mol. The molecule has 0 bridgehead atoms. The molecule has 2 amide bonds. The van der Waals surface area contributed by atoms with Crippen molar-refractivity contribution in [1.82, 2.24) is 9.88 Å². The highest BCUT2D eigenvalue weighted by Crippen LogP contribution is 2.34. The fraction of sp³-hybridized carbons (Fsp3) is 0.333. The molecule has 1 aromatic carbocycles. The second-order valence-electron chi connectivity index (χ2n) is 6.20. The SMILES string of the molecule is O=C(N1CCN(c2ccc(F)cn2)CC1)N1CCOc2cc(Cl)ccc21. The molecule has 0 atom stereocenters. The van der Waals surface area contributed by atoms with Crippen LogP contribution in [0.15, 0.2) is 36.5 Å². The maximum Gasteiger partial charge on any atom is 0.324 e. The number of hydrogen-bond donors (Lipinski definition) is 0. The van der Waals surface area contributed by atoms with Crippen LogP contribution in [0.4, 0.5) is 20.7 Å². The van der Waals surface area contributed by atoms with Crippen LogP contribution >= 0.6 is 11.6 Å². The molecule has 6 nitrogen and oxygen atoms in total. The molecule has 0 spiro atoms. The minimum absolute atomic E-state index is 0.0383. The summed E-state index contributed by atoms with van der Waals surface area (Å²) >= 11 is 6.01. The third-order valence-electron chi connectivity index (χ3n) is 4.60. The Hall–Kier alpha value is -2.54. The summed E-state index contributed by atoms with van der Waals surface area (Å²) in [5.41, 5.74) is 0.744. The molecule has 1 aromatic heterocycles. The van der Waals surface area contributed by atoms with E-state index in [0.29, 0.717) is 50.1 Å². The normalized spacial score (nSPS) is 16.9. The third-order valence-corrected chi connectivity index (χ3v) is 4.84. The zero-order valence-corrected chi connectivity index (χ0v) is 14.8. The minimum Gasteiger partial charge on any atom is -0.489 e. The number of aromatic nitrogens is 1. The van der Waals surface area contributed by atoms with E-state index in [1.807, 2.05) is 11.0 Å². The van der Waals surface area contributed by atoms with Gasteiger partial charge in [-0.3, -0.25) is 4.90 Å². The van der Waals surface area contributed by atoms with Gasteiger partial charge in [-0.2, -0.15) is 0 Å². The van der Waals surface area contributed by atoms with E-state index < -0.39 is 0 Å². The molecule has 0 N–H and O–H groups in total. The van der Waals surface area contributed by atoms with Gasteiger partial charge in [0.15, 0.2) is 0 Å². The number of carbonyl (C=O) groups is 1. The van der Waals surface area contributed by atoms with E-state index in [4.69, 9.17) is 16.3 Å². The number of piperazine rings is 1. The summed E-state index contributed by atoms with van der Waals surface area (Å²) in [6.45, 7) is 3.42. The number of urea groups is 1. The Bertz CT molecular complexity index is 809. The molecule has 4 rings (SSSR count). The molecule has 3 heterocycles. The van der Waals surface area contributed by atoms with Crippen LogP contribution in [0.5, 0.6) is 5.75 Å². The second-order valence-corrected chi connectivity index (χ2v) is 6.64. The average molecular weight is 377 g/mol. The van der Waals surface area contributed by atoms with Crippen LogP contribution in [0.2, 0.25) is 5.02 Å². The number of amides is 2. The molecule has 0 aliphatic carbocycles. The molecule has 1 fully saturated rings. The lowest BCUT2D eigenvalue weighted by molar-refractivity contribution is 0.196. The van der Waals surface area contributed by atoms with E-state index in [1.54, 1.807) is 23.1 Å². The molecule has 26 heavy (non-hydrogen) atoms. The standard InChI is InChI=1S/C18H18ClFN4O2/c19-13-1-3-15-16(11-13)26-10-9-24(15)18(25)23-7-5-22(6-8-23)17-4-2-14(20)12-21-17/h1-4,11-12H,5-10H2. The quantitative estimate of drug-likeness (QED) is 0.767. The maximum atomic E-state index is 13.0. The number of pyridine rings is 1. The number of rotatable bonds is 1. The highest BCUT2D eigenvalue weighted by atomic mass is 35.5. The number of nitrogens with zero attached hydrogens (tertiary/aromatic N) is 4. The van der Waals surface area contributed by atoms with Crippen molar-refractivity contribution in [3.63, 3.8) is 0 Å². The van der Waals surface area contributed by atoms with Gasteiger partial charge >= 0.3 is 6.03 Å². The third kappa shape index (κ3) is 3.26. The molecule has 2 aromatic rings. The Morgan fingerprint density at radius 2 is 1.92 bits per heavy atom. The molecule has 0 unspecified atom stereocenters. The van der Waals surface area contributed by atoms with Crippen molar-refractivity contribution in [3.8, 4) is 5.75 Å². The lowest BCUT2D eigenvalue weighted by atomic mass is 10.2. The first-order valence-corrected chi connectivity index (χ1v) is 8.85. The average Bonchev–Trinajstić information content (AvgIpc) is 2.67. The molecule has 136 valence electrons. The Morgan fingerprint density at radius 3 is 2.65 bits per heavy atom. The van der Waals surface area contributed by atoms with Crippen molar-refractivity contribution >= 4 is 29.1 Å². The number of ether oxygens (including phenoxy) is 1. The smallest absolute Gasteiger partial charge is 0.324 e. The number of carbonyl (C=O) groups excluding carboxylic acids is 1. The Labute approximate surface area is 155 Å². The van der Waals surface area contributed by atoms with E-state index in [2.05, 4.69) is 9.88 Å². The van der Waals surface area contributed by atoms with Crippen LogP contribution in [-0.2, 0) is 0 Å². The highest BCUT2D eigenvalue weighted by molar-refractivity contribution is 6.30. The van der Waals surface area contributed by atoms with E-state index in [1.165, 1.54) is 12.3 Å². The number of anilines is 2. The summed E-state index contributed by atoms with van der Waals surface area (Å²) < 4.78 is 18.6. The Morgan fingerprint density at radius 1 is 1.12 bits per heavy atom. The van der Waals surface area contributed by atoms with E-state index in [0.717, 1.165) is 11.5 Å². The van der Waals surface area contributed by atoms with Crippen LogP contribution in [0.1, 0.15) is 0 Å². The van der Waals surface area contributed by atoms with Crippen molar-refractivity contribution < 1.29 is 13.9 Å². The van der Waals surface area contributed by atoms with E-state index >= 15 is 0 Å². The molecule has 0 saturated carbocycles. The predicted octanol–water partition coefficient (Wildman–Crippen LogP) is 3.02. The topological polar surface area (TPSA) is 48.9 Å². The zero-order valence-electron chi connectivity index (χ0n) is 14.1. The first-order chi connectivity index (χ1) is 12.6. The van der Waals surface area contributed by atoms with Gasteiger partial charge < -0.3 is 14.5 Å². The van der Waals surface area contributed by atoms with Gasteiger partial charge in [0.2, 0.25) is 0 Å². The minimum atomic E-state index is -0.353. The fourth-order valence-corrected chi connectivity index (χ4v) is 3.41. The van der Waals surface area contributed by atoms with Gasteiger partial charge in [0.25, 0.3) is 0 Å². The molecule has 2 aliphatic heterocycles. The van der Waals surface area contributed by atoms with E-state index in [-0.39, 0.29) is 11.8 Å². The molecule has 0 radical (unpaired) electrons. The largest absolute Gasteiger partial charge is 0.489 e. The fourth-order valence-electron chi connectivity index (χ4n) is 3.25. The van der Waals surface area contributed by atoms with Gasteiger partial charge in [-0.05, 0) is 24.3 Å². The van der Waals surface area contributed by atoms with Gasteiger partial charge in [0.05, 0.1) is 18.4 Å². The molecule has 8 heteroatoms. The monoisotopic (exact) mass is 376 g/mol. The zero-order chi connectivity index (χ0) is 18.1. The van der Waals surface area contributed by atoms with Crippen molar-refractivity contribution in [2.45, 2.75) is 0 Å². The number of hydrogen-bond acceptors (Lipinski definition) is 4. The summed E-state index contributed by atoms with van der Waals surface area (Å²) in [4.78, 5) is 22.7. The summed E-state index contributed by atoms with van der Waals surface area (Å²) in [5.74, 6) is 1.00. The van der Waals surface area contributed by atoms with Crippen LogP contribution in [0.3, 0.4) is 0 Å². The summed E-state index contributed by atoms with van der Waals surface area (Å²) in [7, 11) is 0. The van der Waals surface area contributed by atoms with Crippen LogP contribution in [0.25, 0.3) is 0 Å². The molecule has 1 saturated heterocycles. The van der Waals surface area contributed by atoms with Crippen molar-refractivity contribution in [2.24, 2.45) is 0 Å². The maximum absolute atomic E-state index is 13.0. The number of fused-ring (bicyclic) bond motifs is 1. The van der Waals surface area contributed by atoms with E-state index in [9.17, 15) is 9.18 Å². The van der Waals surface area contributed by atoms with Gasteiger partial charge in [0, 0.05) is 37.3 Å². The summed E-state index contributed by atoms with van der Waals surface area (Å²) in [6, 6.07) is 8.32. The molecule has 2 aliphatic rings. The highest BCUT2D eigenvalue weighted by Gasteiger charge is 2.30. The lowest BCUT2D eigenvalue weighted by Gasteiger charge is -2.39. The van der Waals surface area contributed by atoms with Gasteiger partial charge in [-0.15, -0.1) is 0 Å². The second kappa shape index (κ2) is 6.99. The number of halogens is 2. The summed E-state index contributed by atoms with van der Waals surface area (Å²) in [6.07, 6.45) is 1.21. The lowest BCUT2D eigenvalue weighted by Crippen LogP contribution is -2.54. The van der Waals surface area contributed by atoms with Crippen molar-refractivity contribution in [2.75, 3.05) is 49.1 Å². The van der Waals surface area contributed by atoms with Crippen molar-refractivity contribution in [1.29, 1.82) is 0 Å². The van der Waals surface area contributed by atoms with Crippen molar-refractivity contribution in [3.05, 3.63) is 47.4 Å². The van der Waals surface area contributed by atoms with Crippen LogP contribution in [-0.4, -0.2) is 55.2 Å². The molecular formula is C18H18ClFN4O2. The van der Waals surface area contributed by atoms with Gasteiger partial charge in [-0.1, -0.05) is 11.6 Å². The first kappa shape index (κ1) is 16.9. The van der Waals surface area contributed by atoms with Crippen LogP contribution in [0, 0.1) is 5.82 Å². The molecular weight excluding hydrogens is 359 g/mol. The van der Waals surface area contributed by atoms with Gasteiger partial charge in [-0.25, -0.2) is 14.2 Å².